The first-order chi connectivity index (χ1) is 8.21. The number of nitrogens with one attached hydrogen (secondary N) is 1. The number of hydrogen-bond donors (Lipinski definition) is 2. The molecular weight excluding hydrogens is 251 g/mol. The van der Waals surface area contributed by atoms with Gasteiger partial charge in [-0.15, -0.1) is 0 Å². The molecule has 0 fully saturated rings. The average molecular weight is 261 g/mol. The van der Waals surface area contributed by atoms with E-state index in [1.165, 1.54) is 6.92 Å². The van der Waals surface area contributed by atoms with E-state index in [1.807, 2.05) is 0 Å². The topological polar surface area (TPSA) is 66.4 Å². The number of halogens is 3. The highest BCUT2D eigenvalue weighted by Crippen LogP contribution is 2.30. The van der Waals surface area contributed by atoms with Gasteiger partial charge in [-0.05, 0) is 24.6 Å². The Morgan fingerprint density at radius 3 is 2.00 bits per heavy atom. The minimum absolute atomic E-state index is 0.0510. The van der Waals surface area contributed by atoms with Crippen molar-refractivity contribution in [3.8, 4) is 0 Å². The van der Waals surface area contributed by atoms with E-state index in [0.29, 0.717) is 0 Å². The lowest BCUT2D eigenvalue weighted by Crippen LogP contribution is -2.45. The van der Waals surface area contributed by atoms with E-state index in [9.17, 15) is 22.8 Å². The summed E-state index contributed by atoms with van der Waals surface area (Å²) in [6.07, 6.45) is -4.30. The van der Waals surface area contributed by atoms with Crippen LogP contribution in [0.3, 0.4) is 0 Å². The number of rotatable bonds is 4. The third-order valence-corrected chi connectivity index (χ3v) is 2.56. The second kappa shape index (κ2) is 4.67. The van der Waals surface area contributed by atoms with Crippen LogP contribution in [0.5, 0.6) is 0 Å². The van der Waals surface area contributed by atoms with Gasteiger partial charge in [-0.25, -0.2) is 4.79 Å². The molecule has 18 heavy (non-hydrogen) atoms. The Morgan fingerprint density at radius 2 is 1.67 bits per heavy atom. The van der Waals surface area contributed by atoms with Crippen molar-refractivity contribution >= 4 is 12.4 Å². The zero-order valence-electron chi connectivity index (χ0n) is 9.28. The summed E-state index contributed by atoms with van der Waals surface area (Å²) in [5.74, 6) is -1.37. The monoisotopic (exact) mass is 261 g/mol. The highest BCUT2D eigenvalue weighted by molar-refractivity contribution is 5.82. The van der Waals surface area contributed by atoms with Gasteiger partial charge in [0.25, 0.3) is 0 Å². The summed E-state index contributed by atoms with van der Waals surface area (Å²) >= 11 is 0. The van der Waals surface area contributed by atoms with Crippen LogP contribution in [0.25, 0.3) is 0 Å². The quantitative estimate of drug-likeness (QED) is 0.811. The van der Waals surface area contributed by atoms with E-state index < -0.39 is 23.2 Å². The first kappa shape index (κ1) is 14.0. The molecule has 1 aromatic rings. The lowest BCUT2D eigenvalue weighted by Gasteiger charge is -2.24. The summed E-state index contributed by atoms with van der Waals surface area (Å²) in [6, 6.07) is 3.58. The standard InChI is InChI=1S/C11H10F3NO3/c1-10(9(17)18,15-6-16)7-2-4-8(5-3-7)11(12,13)14/h2-6H,1H3,(H,15,16)(H,17,18). The van der Waals surface area contributed by atoms with Crippen molar-refractivity contribution in [3.63, 3.8) is 0 Å². The van der Waals surface area contributed by atoms with Crippen molar-refractivity contribution in [2.24, 2.45) is 0 Å². The summed E-state index contributed by atoms with van der Waals surface area (Å²) in [6.45, 7) is 1.19. The Labute approximate surface area is 100 Å². The van der Waals surface area contributed by atoms with Crippen molar-refractivity contribution in [2.45, 2.75) is 18.6 Å². The number of carbonyl (C=O) groups excluding carboxylic acids is 1. The fraction of sp³-hybridized carbons (Fsp3) is 0.273. The molecule has 98 valence electrons. The predicted molar refractivity (Wildman–Crippen MR) is 55.6 cm³/mol. The molecule has 2 N–H and O–H groups in total. The molecule has 0 aliphatic carbocycles. The molecule has 1 atom stereocenters. The fourth-order valence-electron chi connectivity index (χ4n) is 1.38. The lowest BCUT2D eigenvalue weighted by molar-refractivity contribution is -0.145. The SMILES string of the molecule is CC(NC=O)(C(=O)O)c1ccc(C(F)(F)F)cc1. The first-order valence-electron chi connectivity index (χ1n) is 4.84. The van der Waals surface area contributed by atoms with Crippen molar-refractivity contribution in [1.29, 1.82) is 0 Å². The van der Waals surface area contributed by atoms with Gasteiger partial charge in [0, 0.05) is 0 Å². The number of amides is 1. The number of carbonyl (C=O) groups is 2. The maximum Gasteiger partial charge on any atom is 0.416 e. The van der Waals surface area contributed by atoms with Crippen molar-refractivity contribution in [3.05, 3.63) is 35.4 Å². The van der Waals surface area contributed by atoms with E-state index in [4.69, 9.17) is 5.11 Å². The molecule has 1 unspecified atom stereocenters. The van der Waals surface area contributed by atoms with E-state index in [0.717, 1.165) is 24.3 Å². The van der Waals surface area contributed by atoms with Gasteiger partial charge < -0.3 is 10.4 Å². The fourth-order valence-corrected chi connectivity index (χ4v) is 1.38. The van der Waals surface area contributed by atoms with Gasteiger partial charge in [0.05, 0.1) is 5.56 Å². The smallest absolute Gasteiger partial charge is 0.416 e. The van der Waals surface area contributed by atoms with E-state index >= 15 is 0 Å². The third kappa shape index (κ3) is 2.61. The Hall–Kier alpha value is -2.05. The van der Waals surface area contributed by atoms with Crippen LogP contribution in [0.15, 0.2) is 24.3 Å². The van der Waals surface area contributed by atoms with Crippen LogP contribution in [-0.4, -0.2) is 17.5 Å². The van der Waals surface area contributed by atoms with Crippen molar-refractivity contribution < 1.29 is 27.9 Å². The molecular formula is C11H10F3NO3. The zero-order chi connectivity index (χ0) is 14.0. The predicted octanol–water partition coefficient (Wildman–Crippen LogP) is 1.75. The summed E-state index contributed by atoms with van der Waals surface area (Å²) < 4.78 is 37.0. The molecule has 0 aliphatic heterocycles. The van der Waals surface area contributed by atoms with Gasteiger partial charge in [0.15, 0.2) is 5.54 Å². The van der Waals surface area contributed by atoms with Gasteiger partial charge in [0.1, 0.15) is 0 Å². The Kier molecular flexibility index (Phi) is 3.64. The molecule has 0 aliphatic rings. The number of benzene rings is 1. The molecule has 1 rings (SSSR count). The van der Waals surface area contributed by atoms with Gasteiger partial charge >= 0.3 is 12.1 Å². The molecule has 0 saturated heterocycles. The second-order valence-electron chi connectivity index (χ2n) is 3.77. The van der Waals surface area contributed by atoms with Crippen LogP contribution in [0.4, 0.5) is 13.2 Å². The average Bonchev–Trinajstić information content (AvgIpc) is 2.28. The number of hydrogen-bond acceptors (Lipinski definition) is 2. The minimum atomic E-state index is -4.49. The van der Waals surface area contributed by atoms with Crippen molar-refractivity contribution in [1.82, 2.24) is 5.32 Å². The molecule has 0 heterocycles. The Balaban J connectivity index is 3.17. The van der Waals surface area contributed by atoms with E-state index in [-0.39, 0.29) is 12.0 Å². The van der Waals surface area contributed by atoms with Gasteiger partial charge in [-0.3, -0.25) is 4.79 Å². The van der Waals surface area contributed by atoms with Crippen molar-refractivity contribution in [2.75, 3.05) is 0 Å². The van der Waals surface area contributed by atoms with Crippen LogP contribution in [0.1, 0.15) is 18.1 Å². The van der Waals surface area contributed by atoms with Gasteiger partial charge in [0.2, 0.25) is 6.41 Å². The molecule has 1 amide bonds. The van der Waals surface area contributed by atoms with Gasteiger partial charge in [-0.2, -0.15) is 13.2 Å². The summed E-state index contributed by atoms with van der Waals surface area (Å²) in [4.78, 5) is 21.4. The highest BCUT2D eigenvalue weighted by Gasteiger charge is 2.36. The van der Waals surface area contributed by atoms with E-state index in [2.05, 4.69) is 5.32 Å². The molecule has 0 aromatic heterocycles. The molecule has 0 bridgehead atoms. The van der Waals surface area contributed by atoms with Crippen LogP contribution in [-0.2, 0) is 21.3 Å². The number of carboxylic acids is 1. The molecule has 0 radical (unpaired) electrons. The number of aliphatic carboxylic acids is 1. The second-order valence-corrected chi connectivity index (χ2v) is 3.77. The van der Waals surface area contributed by atoms with Crippen LogP contribution < -0.4 is 5.32 Å². The van der Waals surface area contributed by atoms with Crippen LogP contribution in [0, 0.1) is 0 Å². The maximum atomic E-state index is 12.3. The number of carboxylic acid groups (broad SMARTS) is 1. The van der Waals surface area contributed by atoms with Gasteiger partial charge in [-0.1, -0.05) is 12.1 Å². The maximum absolute atomic E-state index is 12.3. The number of alkyl halides is 3. The van der Waals surface area contributed by atoms with E-state index in [1.54, 1.807) is 0 Å². The molecule has 7 heteroatoms. The summed E-state index contributed by atoms with van der Waals surface area (Å²) in [5.41, 5.74) is -2.59. The lowest BCUT2D eigenvalue weighted by atomic mass is 9.91. The third-order valence-electron chi connectivity index (χ3n) is 2.56. The van der Waals surface area contributed by atoms with Crippen LogP contribution >= 0.6 is 0 Å². The highest BCUT2D eigenvalue weighted by atomic mass is 19.4. The minimum Gasteiger partial charge on any atom is -0.479 e. The molecule has 1 aromatic carbocycles. The van der Waals surface area contributed by atoms with Crippen LogP contribution in [0.2, 0.25) is 0 Å². The normalized spacial score (nSPS) is 14.7. The first-order valence-corrected chi connectivity index (χ1v) is 4.84. The Morgan fingerprint density at radius 1 is 1.22 bits per heavy atom. The largest absolute Gasteiger partial charge is 0.479 e. The summed E-state index contributed by atoms with van der Waals surface area (Å²) in [7, 11) is 0. The molecule has 0 saturated carbocycles. The Bertz CT molecular complexity index is 456. The molecule has 0 spiro atoms. The molecule has 4 nitrogen and oxygen atoms in total. The zero-order valence-corrected chi connectivity index (χ0v) is 9.28. The summed E-state index contributed by atoms with van der Waals surface area (Å²) in [5, 5.41) is 11.1.